The minimum Gasteiger partial charge on any atom is -0.475 e. The number of sulfonamides is 1. The Morgan fingerprint density at radius 3 is 2.37 bits per heavy atom. The number of methoxy groups -OCH3 is 1. The maximum atomic E-state index is 11.9. The van der Waals surface area contributed by atoms with E-state index in [0.717, 1.165) is 19.2 Å². The lowest BCUT2D eigenvalue weighted by Gasteiger charge is -2.21. The highest BCUT2D eigenvalue weighted by atomic mass is 32.2. The summed E-state index contributed by atoms with van der Waals surface area (Å²) in [5, 5.41) is 8.04. The van der Waals surface area contributed by atoms with Crippen molar-refractivity contribution in [3.63, 3.8) is 0 Å². The molecule has 106 valence electrons. The Labute approximate surface area is 109 Å². The van der Waals surface area contributed by atoms with Gasteiger partial charge < -0.3 is 14.3 Å². The summed E-state index contributed by atoms with van der Waals surface area (Å²) in [6.07, 6.45) is 0. The molecule has 9 heteroatoms. The molecule has 0 amide bonds. The van der Waals surface area contributed by atoms with Crippen molar-refractivity contribution >= 4 is 22.0 Å². The van der Waals surface area contributed by atoms with Crippen LogP contribution >= 0.6 is 0 Å². The Morgan fingerprint density at radius 2 is 1.95 bits per heavy atom. The smallest absolute Gasteiger partial charge is 0.371 e. The van der Waals surface area contributed by atoms with Crippen LogP contribution in [0.25, 0.3) is 0 Å². The first-order valence-electron chi connectivity index (χ1n) is 5.05. The molecule has 0 aromatic carbocycles. The van der Waals surface area contributed by atoms with Gasteiger partial charge in [-0.05, 0) is 26.0 Å². The zero-order valence-corrected chi connectivity index (χ0v) is 11.3. The highest BCUT2D eigenvalue weighted by Crippen LogP contribution is 2.17. The first-order chi connectivity index (χ1) is 8.60. The van der Waals surface area contributed by atoms with Crippen molar-refractivity contribution in [2.75, 3.05) is 7.11 Å². The normalized spacial score (nSPS) is 12.2. The lowest BCUT2D eigenvalue weighted by molar-refractivity contribution is -0.146. The molecular formula is C10H13NO7S. The van der Waals surface area contributed by atoms with Crippen LogP contribution in [0.1, 0.15) is 24.4 Å². The van der Waals surface area contributed by atoms with Crippen molar-refractivity contribution in [1.82, 2.24) is 4.72 Å². The number of hydrogen-bond acceptors (Lipinski definition) is 6. The molecule has 8 nitrogen and oxygen atoms in total. The molecule has 19 heavy (non-hydrogen) atoms. The van der Waals surface area contributed by atoms with E-state index in [1.165, 1.54) is 13.8 Å². The van der Waals surface area contributed by atoms with Gasteiger partial charge in [-0.2, -0.15) is 4.72 Å². The van der Waals surface area contributed by atoms with E-state index >= 15 is 0 Å². The second-order valence-electron chi connectivity index (χ2n) is 4.15. The zero-order chi connectivity index (χ0) is 14.8. The predicted octanol–water partition coefficient (Wildman–Crippen LogP) is 0.208. The molecule has 0 radical (unpaired) electrons. The van der Waals surface area contributed by atoms with E-state index in [1.807, 2.05) is 0 Å². The predicted molar refractivity (Wildman–Crippen MR) is 62.1 cm³/mol. The van der Waals surface area contributed by atoms with Gasteiger partial charge in [0.2, 0.25) is 10.9 Å². The lowest BCUT2D eigenvalue weighted by atomic mass is 10.1. The maximum Gasteiger partial charge on any atom is 0.371 e. The van der Waals surface area contributed by atoms with Gasteiger partial charge >= 0.3 is 11.9 Å². The molecule has 0 aliphatic carbocycles. The number of furan rings is 1. The molecule has 0 spiro atoms. The third-order valence-corrected chi connectivity index (χ3v) is 3.67. The number of hydrogen-bond donors (Lipinski definition) is 2. The standard InChI is InChI=1S/C10H13NO7S/c1-10(2,9(14)17-3)11-19(15,16)7-5-4-6(18-7)8(12)13/h4-5,11H,1-3H3,(H,12,13). The van der Waals surface area contributed by atoms with Crippen LogP contribution in [0, 0.1) is 0 Å². The van der Waals surface area contributed by atoms with E-state index in [4.69, 9.17) is 5.11 Å². The second-order valence-corrected chi connectivity index (χ2v) is 5.76. The molecule has 0 fully saturated rings. The third kappa shape index (κ3) is 3.32. The van der Waals surface area contributed by atoms with E-state index in [-0.39, 0.29) is 0 Å². The number of rotatable bonds is 5. The Kier molecular flexibility index (Phi) is 4.01. The topological polar surface area (TPSA) is 123 Å². The van der Waals surface area contributed by atoms with Gasteiger partial charge in [0, 0.05) is 0 Å². The van der Waals surface area contributed by atoms with Crippen LogP contribution < -0.4 is 4.72 Å². The quantitative estimate of drug-likeness (QED) is 0.743. The fourth-order valence-electron chi connectivity index (χ4n) is 1.26. The Balaban J connectivity index is 3.04. The molecule has 1 rings (SSSR count). The molecular weight excluding hydrogens is 278 g/mol. The second kappa shape index (κ2) is 5.02. The highest BCUT2D eigenvalue weighted by Gasteiger charge is 2.35. The van der Waals surface area contributed by atoms with Crippen LogP contribution in [0.2, 0.25) is 0 Å². The van der Waals surface area contributed by atoms with Crippen LogP contribution in [0.5, 0.6) is 0 Å². The van der Waals surface area contributed by atoms with Gasteiger partial charge in [0.15, 0.2) is 0 Å². The number of nitrogens with one attached hydrogen (secondary N) is 1. The fourth-order valence-corrected chi connectivity index (χ4v) is 2.56. The lowest BCUT2D eigenvalue weighted by Crippen LogP contribution is -2.50. The number of carboxylic acids is 1. The molecule has 0 aliphatic rings. The fraction of sp³-hybridized carbons (Fsp3) is 0.400. The largest absolute Gasteiger partial charge is 0.475 e. The van der Waals surface area contributed by atoms with Gasteiger partial charge in [-0.15, -0.1) is 0 Å². The molecule has 1 aromatic heterocycles. The van der Waals surface area contributed by atoms with Crippen molar-refractivity contribution in [2.24, 2.45) is 0 Å². The SMILES string of the molecule is COC(=O)C(C)(C)NS(=O)(=O)c1ccc(C(=O)O)o1. The van der Waals surface area contributed by atoms with Gasteiger partial charge in [0.05, 0.1) is 7.11 Å². The van der Waals surface area contributed by atoms with Crippen LogP contribution in [0.4, 0.5) is 0 Å². The number of aromatic carboxylic acids is 1. The van der Waals surface area contributed by atoms with Crippen molar-refractivity contribution in [1.29, 1.82) is 0 Å². The molecule has 1 aromatic rings. The number of carboxylic acid groups (broad SMARTS) is 1. The van der Waals surface area contributed by atoms with Crippen molar-refractivity contribution in [3.05, 3.63) is 17.9 Å². The first-order valence-corrected chi connectivity index (χ1v) is 6.54. The number of ether oxygens (including phenoxy) is 1. The average molecular weight is 291 g/mol. The maximum absolute atomic E-state index is 11.9. The minimum absolute atomic E-state index is 0.517. The van der Waals surface area contributed by atoms with E-state index in [9.17, 15) is 18.0 Å². The minimum atomic E-state index is -4.17. The number of carbonyl (C=O) groups excluding carboxylic acids is 1. The summed E-state index contributed by atoms with van der Waals surface area (Å²) in [5.41, 5.74) is -1.51. The number of esters is 1. The van der Waals surface area contributed by atoms with E-state index < -0.39 is 38.4 Å². The van der Waals surface area contributed by atoms with Gasteiger partial charge in [-0.25, -0.2) is 13.2 Å². The monoisotopic (exact) mass is 291 g/mol. The van der Waals surface area contributed by atoms with Crippen molar-refractivity contribution < 1.29 is 32.3 Å². The van der Waals surface area contributed by atoms with Crippen molar-refractivity contribution in [3.8, 4) is 0 Å². The molecule has 0 atom stereocenters. The van der Waals surface area contributed by atoms with Gasteiger partial charge in [0.25, 0.3) is 10.0 Å². The molecule has 0 aliphatic heterocycles. The average Bonchev–Trinajstić information content (AvgIpc) is 2.76. The van der Waals surface area contributed by atoms with Crippen molar-refractivity contribution in [2.45, 2.75) is 24.5 Å². The van der Waals surface area contributed by atoms with Crippen LogP contribution in [0.3, 0.4) is 0 Å². The summed E-state index contributed by atoms with van der Waals surface area (Å²) in [6.45, 7) is 2.61. The van der Waals surface area contributed by atoms with Gasteiger partial charge in [0.1, 0.15) is 5.54 Å². The molecule has 0 saturated heterocycles. The number of carbonyl (C=O) groups is 2. The van der Waals surface area contributed by atoms with E-state index in [1.54, 1.807) is 0 Å². The van der Waals surface area contributed by atoms with Gasteiger partial charge in [-0.1, -0.05) is 0 Å². The van der Waals surface area contributed by atoms with E-state index in [0.29, 0.717) is 0 Å². The molecule has 0 unspecified atom stereocenters. The van der Waals surface area contributed by atoms with Crippen LogP contribution in [-0.4, -0.2) is 38.1 Å². The first kappa shape index (κ1) is 15.2. The zero-order valence-electron chi connectivity index (χ0n) is 10.5. The molecule has 1 heterocycles. The Hall–Kier alpha value is -1.87. The summed E-state index contributed by atoms with van der Waals surface area (Å²) in [5.74, 6) is -2.70. The van der Waals surface area contributed by atoms with Crippen LogP contribution in [-0.2, 0) is 19.6 Å². The summed E-state index contributed by atoms with van der Waals surface area (Å²) in [4.78, 5) is 22.0. The molecule has 2 N–H and O–H groups in total. The highest BCUT2D eigenvalue weighted by molar-refractivity contribution is 7.89. The summed E-state index contributed by atoms with van der Waals surface area (Å²) < 4.78 is 35.0. The summed E-state index contributed by atoms with van der Waals surface area (Å²) in [6, 6.07) is 1.99. The summed E-state index contributed by atoms with van der Waals surface area (Å²) in [7, 11) is -3.05. The van der Waals surface area contributed by atoms with Crippen LogP contribution in [0.15, 0.2) is 21.6 Å². The third-order valence-electron chi connectivity index (χ3n) is 2.14. The molecule has 0 bridgehead atoms. The molecule has 0 saturated carbocycles. The van der Waals surface area contributed by atoms with Gasteiger partial charge in [-0.3, -0.25) is 4.79 Å². The Bertz CT molecular complexity index is 599. The van der Waals surface area contributed by atoms with E-state index in [2.05, 4.69) is 13.9 Å². The summed E-state index contributed by atoms with van der Waals surface area (Å²) >= 11 is 0. The Morgan fingerprint density at radius 1 is 1.37 bits per heavy atom.